The van der Waals surface area contributed by atoms with Gasteiger partial charge in [-0.15, -0.1) is 0 Å². The molecule has 27 heavy (non-hydrogen) atoms. The van der Waals surface area contributed by atoms with Gasteiger partial charge in [-0.25, -0.2) is 13.8 Å². The molecule has 1 amide bonds. The third kappa shape index (κ3) is 4.65. The Labute approximate surface area is 155 Å². The molecule has 0 bridgehead atoms. The fraction of sp³-hybridized carbons (Fsp3) is 0.316. The SMILES string of the molecule is COCCOC1=NCc2cc(CC(=O)NCc3c(F)cccc3F)ncc21. The van der Waals surface area contributed by atoms with E-state index < -0.39 is 11.6 Å². The Balaban J connectivity index is 1.57. The highest BCUT2D eigenvalue weighted by molar-refractivity contribution is 5.97. The van der Waals surface area contributed by atoms with E-state index in [2.05, 4.69) is 15.3 Å². The maximum atomic E-state index is 13.6. The van der Waals surface area contributed by atoms with Crippen molar-refractivity contribution >= 4 is 11.8 Å². The average Bonchev–Trinajstić information content (AvgIpc) is 3.04. The second-order valence-electron chi connectivity index (χ2n) is 5.95. The minimum Gasteiger partial charge on any atom is -0.475 e. The predicted octanol–water partition coefficient (Wildman–Crippen LogP) is 2.14. The minimum absolute atomic E-state index is 0.00319. The van der Waals surface area contributed by atoms with Crippen LogP contribution >= 0.6 is 0 Å². The summed E-state index contributed by atoms with van der Waals surface area (Å²) in [5.74, 6) is -1.24. The third-order valence-electron chi connectivity index (χ3n) is 4.06. The number of aliphatic imine (C=N–C) groups is 1. The van der Waals surface area contributed by atoms with Crippen LogP contribution in [0, 0.1) is 11.6 Å². The van der Waals surface area contributed by atoms with Gasteiger partial charge in [-0.1, -0.05) is 6.07 Å². The molecule has 0 unspecified atom stereocenters. The van der Waals surface area contributed by atoms with Crippen LogP contribution in [-0.2, 0) is 33.8 Å². The Hall–Kier alpha value is -2.87. The van der Waals surface area contributed by atoms with Crippen molar-refractivity contribution in [3.8, 4) is 0 Å². The molecule has 0 fully saturated rings. The minimum atomic E-state index is -0.691. The van der Waals surface area contributed by atoms with Gasteiger partial charge in [0, 0.05) is 25.4 Å². The number of ether oxygens (including phenoxy) is 2. The lowest BCUT2D eigenvalue weighted by atomic mass is 10.1. The van der Waals surface area contributed by atoms with Gasteiger partial charge in [0.2, 0.25) is 11.8 Å². The lowest BCUT2D eigenvalue weighted by Gasteiger charge is -2.09. The number of aromatic nitrogens is 1. The number of benzene rings is 1. The molecule has 1 aromatic heterocycles. The zero-order chi connectivity index (χ0) is 19.2. The van der Waals surface area contributed by atoms with Crippen molar-refractivity contribution in [3.05, 3.63) is 64.5 Å². The molecule has 2 aromatic rings. The van der Waals surface area contributed by atoms with E-state index in [0.717, 1.165) is 23.3 Å². The quantitative estimate of drug-likeness (QED) is 0.753. The average molecular weight is 375 g/mol. The maximum Gasteiger partial charge on any atom is 0.226 e. The summed E-state index contributed by atoms with van der Waals surface area (Å²) in [6, 6.07) is 5.37. The van der Waals surface area contributed by atoms with Crippen molar-refractivity contribution in [2.24, 2.45) is 4.99 Å². The highest BCUT2D eigenvalue weighted by atomic mass is 19.1. The van der Waals surface area contributed by atoms with Gasteiger partial charge < -0.3 is 14.8 Å². The van der Waals surface area contributed by atoms with Crippen molar-refractivity contribution < 1.29 is 23.0 Å². The van der Waals surface area contributed by atoms with Gasteiger partial charge in [0.15, 0.2) is 0 Å². The monoisotopic (exact) mass is 375 g/mol. The molecule has 0 radical (unpaired) electrons. The number of fused-ring (bicyclic) bond motifs is 1. The molecule has 1 aromatic carbocycles. The van der Waals surface area contributed by atoms with Crippen LogP contribution in [0.15, 0.2) is 35.5 Å². The van der Waals surface area contributed by atoms with Gasteiger partial charge in [-0.3, -0.25) is 9.78 Å². The van der Waals surface area contributed by atoms with Crippen LogP contribution in [0.4, 0.5) is 8.78 Å². The van der Waals surface area contributed by atoms with E-state index >= 15 is 0 Å². The van der Waals surface area contributed by atoms with Gasteiger partial charge in [0.1, 0.15) is 18.2 Å². The maximum absolute atomic E-state index is 13.6. The fourth-order valence-corrected chi connectivity index (χ4v) is 2.67. The second-order valence-corrected chi connectivity index (χ2v) is 5.95. The number of carbonyl (C=O) groups is 1. The molecule has 0 aliphatic carbocycles. The number of hydrogen-bond donors (Lipinski definition) is 1. The molecular formula is C19H19F2N3O3. The highest BCUT2D eigenvalue weighted by Gasteiger charge is 2.19. The number of nitrogens with zero attached hydrogens (tertiary/aromatic N) is 2. The molecule has 2 heterocycles. The van der Waals surface area contributed by atoms with Crippen LogP contribution in [0.1, 0.15) is 22.4 Å². The van der Waals surface area contributed by atoms with Crippen LogP contribution in [0.25, 0.3) is 0 Å². The Morgan fingerprint density at radius 1 is 1.26 bits per heavy atom. The van der Waals surface area contributed by atoms with Crippen molar-refractivity contribution in [1.82, 2.24) is 10.3 Å². The molecule has 1 aliphatic heterocycles. The molecule has 3 rings (SSSR count). The van der Waals surface area contributed by atoms with Gasteiger partial charge in [-0.2, -0.15) is 0 Å². The summed E-state index contributed by atoms with van der Waals surface area (Å²) in [4.78, 5) is 20.6. The smallest absolute Gasteiger partial charge is 0.226 e. The molecule has 8 heteroatoms. The number of pyridine rings is 1. The first kappa shape index (κ1) is 18.9. The Morgan fingerprint density at radius 3 is 2.78 bits per heavy atom. The van der Waals surface area contributed by atoms with Crippen LogP contribution in [0.3, 0.4) is 0 Å². The predicted molar refractivity (Wildman–Crippen MR) is 94.2 cm³/mol. The largest absolute Gasteiger partial charge is 0.475 e. The van der Waals surface area contributed by atoms with E-state index in [1.165, 1.54) is 6.07 Å². The normalized spacial score (nSPS) is 12.5. The molecule has 0 saturated heterocycles. The third-order valence-corrected chi connectivity index (χ3v) is 4.06. The van der Waals surface area contributed by atoms with E-state index in [1.54, 1.807) is 19.4 Å². The summed E-state index contributed by atoms with van der Waals surface area (Å²) in [5.41, 5.74) is 2.09. The van der Waals surface area contributed by atoms with E-state index in [1.807, 2.05) is 0 Å². The number of halogens is 2. The number of carbonyl (C=O) groups excluding carboxylic acids is 1. The standard InChI is InChI=1S/C19H19F2N3O3/c1-26-5-6-27-19-14-10-22-13(7-12(14)9-24-19)8-18(25)23-11-15-16(20)3-2-4-17(15)21/h2-4,7,10H,5-6,8-9,11H2,1H3,(H,23,25). The van der Waals surface area contributed by atoms with Crippen molar-refractivity contribution in [1.29, 1.82) is 0 Å². The molecular weight excluding hydrogens is 356 g/mol. The zero-order valence-corrected chi connectivity index (χ0v) is 14.8. The molecule has 1 N–H and O–H groups in total. The van der Waals surface area contributed by atoms with Crippen molar-refractivity contribution in [3.63, 3.8) is 0 Å². The first-order chi connectivity index (χ1) is 13.1. The van der Waals surface area contributed by atoms with Crippen molar-refractivity contribution in [2.75, 3.05) is 20.3 Å². The molecule has 0 atom stereocenters. The van der Waals surface area contributed by atoms with E-state index in [4.69, 9.17) is 9.47 Å². The summed E-state index contributed by atoms with van der Waals surface area (Å²) in [6.45, 7) is 1.09. The van der Waals surface area contributed by atoms with E-state index in [9.17, 15) is 13.6 Å². The summed E-state index contributed by atoms with van der Waals surface area (Å²) in [6.07, 6.45) is 1.62. The van der Waals surface area contributed by atoms with Gasteiger partial charge in [-0.05, 0) is 23.8 Å². The number of rotatable bonds is 7. The lowest BCUT2D eigenvalue weighted by molar-refractivity contribution is -0.120. The number of amides is 1. The van der Waals surface area contributed by atoms with Crippen LogP contribution in [0.2, 0.25) is 0 Å². The van der Waals surface area contributed by atoms with Crippen LogP contribution in [-0.4, -0.2) is 37.1 Å². The van der Waals surface area contributed by atoms with E-state index in [0.29, 0.717) is 31.4 Å². The second kappa shape index (κ2) is 8.68. The van der Waals surface area contributed by atoms with E-state index in [-0.39, 0.29) is 24.4 Å². The number of methoxy groups -OCH3 is 1. The molecule has 6 nitrogen and oxygen atoms in total. The summed E-state index contributed by atoms with van der Waals surface area (Å²) >= 11 is 0. The molecule has 1 aliphatic rings. The van der Waals surface area contributed by atoms with Crippen molar-refractivity contribution in [2.45, 2.75) is 19.5 Å². The fourth-order valence-electron chi connectivity index (χ4n) is 2.67. The first-order valence-corrected chi connectivity index (χ1v) is 8.42. The lowest BCUT2D eigenvalue weighted by Crippen LogP contribution is -2.26. The number of hydrogen-bond acceptors (Lipinski definition) is 5. The first-order valence-electron chi connectivity index (χ1n) is 8.42. The molecule has 0 spiro atoms. The van der Waals surface area contributed by atoms with Gasteiger partial charge in [0.05, 0.1) is 30.8 Å². The highest BCUT2D eigenvalue weighted by Crippen LogP contribution is 2.20. The summed E-state index contributed by atoms with van der Waals surface area (Å²) in [5, 5.41) is 2.51. The summed E-state index contributed by atoms with van der Waals surface area (Å²) in [7, 11) is 1.59. The Bertz CT molecular complexity index is 851. The number of nitrogens with one attached hydrogen (secondary N) is 1. The molecule has 0 saturated carbocycles. The summed E-state index contributed by atoms with van der Waals surface area (Å²) < 4.78 is 37.6. The topological polar surface area (TPSA) is 72.8 Å². The molecule has 142 valence electrons. The zero-order valence-electron chi connectivity index (χ0n) is 14.8. The Morgan fingerprint density at radius 2 is 2.04 bits per heavy atom. The van der Waals surface area contributed by atoms with Crippen LogP contribution < -0.4 is 5.32 Å². The van der Waals surface area contributed by atoms with Crippen LogP contribution in [0.5, 0.6) is 0 Å². The van der Waals surface area contributed by atoms with Gasteiger partial charge in [0.25, 0.3) is 0 Å². The van der Waals surface area contributed by atoms with Gasteiger partial charge >= 0.3 is 0 Å². The Kier molecular flexibility index (Phi) is 6.08.